The number of carbonyl (C=O) groups is 2. The van der Waals surface area contributed by atoms with Crippen LogP contribution in [0.15, 0.2) is 35.1 Å². The van der Waals surface area contributed by atoms with Crippen LogP contribution in [-0.4, -0.2) is 45.6 Å². The van der Waals surface area contributed by atoms with E-state index >= 15 is 4.39 Å². The molecule has 198 valence electrons. The van der Waals surface area contributed by atoms with E-state index in [9.17, 15) is 24.0 Å². The van der Waals surface area contributed by atoms with Crippen molar-refractivity contribution in [2.45, 2.75) is 70.2 Å². The maximum atomic E-state index is 15.2. The van der Waals surface area contributed by atoms with Gasteiger partial charge in [-0.2, -0.15) is 5.26 Å². The van der Waals surface area contributed by atoms with E-state index < -0.39 is 46.9 Å². The average molecular weight is 523 g/mol. The predicted molar refractivity (Wildman–Crippen MR) is 136 cm³/mol. The molecule has 1 saturated heterocycles. The van der Waals surface area contributed by atoms with Crippen molar-refractivity contribution >= 4 is 33.7 Å². The van der Waals surface area contributed by atoms with E-state index in [4.69, 9.17) is 4.74 Å². The molecule has 2 aromatic carbocycles. The molecule has 1 aromatic heterocycles. The summed E-state index contributed by atoms with van der Waals surface area (Å²) in [7, 11) is 0. The zero-order valence-corrected chi connectivity index (χ0v) is 21.3. The predicted octanol–water partition coefficient (Wildman–Crippen LogP) is 4.30. The van der Waals surface area contributed by atoms with Crippen LogP contribution in [0.25, 0.3) is 21.7 Å². The van der Waals surface area contributed by atoms with Crippen molar-refractivity contribution in [3.8, 4) is 6.07 Å². The fourth-order valence-electron chi connectivity index (χ4n) is 5.74. The van der Waals surface area contributed by atoms with Crippen LogP contribution in [0.5, 0.6) is 0 Å². The lowest BCUT2D eigenvalue weighted by Crippen LogP contribution is -2.55. The Balaban J connectivity index is 1.39. The first-order valence-electron chi connectivity index (χ1n) is 12.6. The number of fused-ring (bicyclic) bond motifs is 5. The van der Waals surface area contributed by atoms with Crippen molar-refractivity contribution in [1.82, 2.24) is 15.2 Å². The summed E-state index contributed by atoms with van der Waals surface area (Å²) in [6, 6.07) is 6.44. The van der Waals surface area contributed by atoms with Crippen molar-refractivity contribution < 1.29 is 23.1 Å². The number of rotatable bonds is 4. The van der Waals surface area contributed by atoms with Gasteiger partial charge in [-0.15, -0.1) is 0 Å². The standard InChI is InChI=1S/C28H28F2N4O4/c1-28(2,3)38-27(37)34-18-6-4-14(9-18)24(34)26(36)32-17(13-31)8-15-10-21-20(12-22(15)30)19-7-5-16(29)11-23(19)33-25(21)35/h5,7,10-12,14,17-18,24H,4,6,8-9H2,1-3H3,(H,32,36)(H,33,35)/t14-,17-,18+,24-/m0/s1. The number of hydrogen-bond donors (Lipinski definition) is 2. The SMILES string of the molecule is CC(C)(C)OC(=O)N1[C@@H]2CC[C@@H](C2)[C@H]1C(=O)N[C@H](C#N)Cc1cc2c(=O)[nH]c3cc(F)ccc3c2cc1F. The van der Waals surface area contributed by atoms with Gasteiger partial charge in [-0.05, 0) is 87.2 Å². The second-order valence-electron chi connectivity index (χ2n) is 11.1. The molecule has 2 aliphatic rings. The van der Waals surface area contributed by atoms with Crippen molar-refractivity contribution in [3.63, 3.8) is 0 Å². The summed E-state index contributed by atoms with van der Waals surface area (Å²) >= 11 is 0. The van der Waals surface area contributed by atoms with Crippen molar-refractivity contribution in [3.05, 3.63) is 57.9 Å². The van der Waals surface area contributed by atoms with E-state index in [0.29, 0.717) is 17.2 Å². The maximum absolute atomic E-state index is 15.2. The topological polar surface area (TPSA) is 115 Å². The van der Waals surface area contributed by atoms with Gasteiger partial charge in [-0.25, -0.2) is 13.6 Å². The van der Waals surface area contributed by atoms with Gasteiger partial charge in [0.05, 0.1) is 11.6 Å². The van der Waals surface area contributed by atoms with E-state index in [1.54, 1.807) is 20.8 Å². The van der Waals surface area contributed by atoms with Crippen LogP contribution >= 0.6 is 0 Å². The van der Waals surface area contributed by atoms with E-state index in [2.05, 4.69) is 10.3 Å². The molecule has 8 nitrogen and oxygen atoms in total. The number of hydrogen-bond acceptors (Lipinski definition) is 5. The van der Waals surface area contributed by atoms with Gasteiger partial charge in [0, 0.05) is 23.2 Å². The molecule has 1 aliphatic carbocycles. The number of halogens is 2. The van der Waals surface area contributed by atoms with Gasteiger partial charge in [-0.3, -0.25) is 14.5 Å². The Morgan fingerprint density at radius 2 is 1.95 bits per heavy atom. The molecule has 10 heteroatoms. The van der Waals surface area contributed by atoms with E-state index in [1.165, 1.54) is 35.2 Å². The highest BCUT2D eigenvalue weighted by Gasteiger charge is 2.52. The minimum Gasteiger partial charge on any atom is -0.444 e. The zero-order valence-electron chi connectivity index (χ0n) is 21.3. The molecule has 0 spiro atoms. The molecule has 2 heterocycles. The lowest BCUT2D eigenvalue weighted by Gasteiger charge is -2.35. The first kappa shape index (κ1) is 25.6. The van der Waals surface area contributed by atoms with Gasteiger partial charge < -0.3 is 15.0 Å². The molecule has 0 radical (unpaired) electrons. The highest BCUT2D eigenvalue weighted by atomic mass is 19.1. The molecule has 1 aliphatic heterocycles. The zero-order chi connectivity index (χ0) is 27.4. The highest BCUT2D eigenvalue weighted by Crippen LogP contribution is 2.43. The molecule has 4 atom stereocenters. The number of carbonyl (C=O) groups excluding carboxylic acids is 2. The number of nitrogens with zero attached hydrogens (tertiary/aromatic N) is 2. The van der Waals surface area contributed by atoms with Gasteiger partial charge >= 0.3 is 6.09 Å². The molecule has 2 bridgehead atoms. The Morgan fingerprint density at radius 3 is 2.66 bits per heavy atom. The number of pyridine rings is 1. The van der Waals surface area contributed by atoms with Crippen LogP contribution in [0.3, 0.4) is 0 Å². The molecule has 5 rings (SSSR count). The number of aromatic nitrogens is 1. The van der Waals surface area contributed by atoms with Crippen LogP contribution in [0, 0.1) is 28.9 Å². The van der Waals surface area contributed by atoms with Crippen LogP contribution in [-0.2, 0) is 16.0 Å². The van der Waals surface area contributed by atoms with E-state index in [0.717, 1.165) is 12.8 Å². The average Bonchev–Trinajstić information content (AvgIpc) is 3.45. The Bertz CT molecular complexity index is 1550. The van der Waals surface area contributed by atoms with Crippen molar-refractivity contribution in [2.75, 3.05) is 0 Å². The molecule has 2 amide bonds. The number of ether oxygens (including phenoxy) is 1. The first-order chi connectivity index (χ1) is 17.9. The summed E-state index contributed by atoms with van der Waals surface area (Å²) in [5.74, 6) is -1.71. The molecule has 2 fully saturated rings. The molecule has 2 N–H and O–H groups in total. The number of nitriles is 1. The molecule has 3 aromatic rings. The summed E-state index contributed by atoms with van der Waals surface area (Å²) in [4.78, 5) is 42.9. The van der Waals surface area contributed by atoms with Crippen LogP contribution in [0.2, 0.25) is 0 Å². The largest absolute Gasteiger partial charge is 0.444 e. The number of amides is 2. The van der Waals surface area contributed by atoms with Crippen LogP contribution in [0.1, 0.15) is 45.6 Å². The minimum atomic E-state index is -1.09. The lowest BCUT2D eigenvalue weighted by atomic mass is 9.96. The third kappa shape index (κ3) is 4.69. The summed E-state index contributed by atoms with van der Waals surface area (Å²) in [6.45, 7) is 5.26. The number of nitrogens with one attached hydrogen (secondary N) is 2. The van der Waals surface area contributed by atoms with Crippen molar-refractivity contribution in [2.24, 2.45) is 5.92 Å². The second kappa shape index (κ2) is 9.39. The van der Waals surface area contributed by atoms with Gasteiger partial charge in [0.25, 0.3) is 5.56 Å². The molecular formula is C28H28F2N4O4. The molecule has 0 unspecified atom stereocenters. The van der Waals surface area contributed by atoms with E-state index in [-0.39, 0.29) is 34.8 Å². The Kier molecular flexibility index (Phi) is 6.33. The van der Waals surface area contributed by atoms with Gasteiger partial charge in [-0.1, -0.05) is 0 Å². The third-order valence-corrected chi connectivity index (χ3v) is 7.31. The Labute approximate surface area is 217 Å². The number of likely N-dealkylation sites (tertiary alicyclic amines) is 1. The highest BCUT2D eigenvalue weighted by molar-refractivity contribution is 6.05. The van der Waals surface area contributed by atoms with Crippen molar-refractivity contribution in [1.29, 1.82) is 5.26 Å². The summed E-state index contributed by atoms with van der Waals surface area (Å²) in [6.07, 6.45) is 1.52. The fraction of sp³-hybridized carbons (Fsp3) is 0.429. The molecular weight excluding hydrogens is 494 g/mol. The number of piperidine rings is 1. The number of aromatic amines is 1. The van der Waals surface area contributed by atoms with Gasteiger partial charge in [0.15, 0.2) is 0 Å². The lowest BCUT2D eigenvalue weighted by molar-refractivity contribution is -0.128. The molecule has 1 saturated carbocycles. The smallest absolute Gasteiger partial charge is 0.411 e. The normalized spacial score (nSPS) is 21.5. The first-order valence-corrected chi connectivity index (χ1v) is 12.6. The number of benzene rings is 2. The monoisotopic (exact) mass is 522 g/mol. The Hall–Kier alpha value is -4.00. The Morgan fingerprint density at radius 1 is 1.18 bits per heavy atom. The van der Waals surface area contributed by atoms with Gasteiger partial charge in [0.1, 0.15) is 29.3 Å². The second-order valence-corrected chi connectivity index (χ2v) is 11.1. The quantitative estimate of drug-likeness (QED) is 0.496. The number of H-pyrrole nitrogens is 1. The third-order valence-electron chi connectivity index (χ3n) is 7.31. The van der Waals surface area contributed by atoms with E-state index in [1.807, 2.05) is 6.07 Å². The van der Waals surface area contributed by atoms with Gasteiger partial charge in [0.2, 0.25) is 5.91 Å². The summed E-state index contributed by atoms with van der Waals surface area (Å²) in [5.41, 5.74) is -0.919. The minimum absolute atomic E-state index is 0.0408. The van der Waals surface area contributed by atoms with Crippen LogP contribution in [0.4, 0.5) is 13.6 Å². The fourth-order valence-corrected chi connectivity index (χ4v) is 5.74. The maximum Gasteiger partial charge on any atom is 0.411 e. The summed E-state index contributed by atoms with van der Waals surface area (Å²) in [5, 5.41) is 13.4. The summed E-state index contributed by atoms with van der Waals surface area (Å²) < 4.78 is 34.3. The van der Waals surface area contributed by atoms with Crippen LogP contribution < -0.4 is 10.9 Å². The molecule has 38 heavy (non-hydrogen) atoms.